The van der Waals surface area contributed by atoms with Crippen LogP contribution in [0.1, 0.15) is 64.1 Å². The maximum atomic E-state index is 13.5. The van der Waals surface area contributed by atoms with E-state index in [4.69, 9.17) is 14.1 Å². The van der Waals surface area contributed by atoms with Crippen molar-refractivity contribution >= 4 is 40.1 Å². The zero-order chi connectivity index (χ0) is 27.6. The van der Waals surface area contributed by atoms with Gasteiger partial charge in [0.1, 0.15) is 16.5 Å². The maximum absolute atomic E-state index is 13.5. The minimum Gasteiger partial charge on any atom is -0.465 e. The number of hydrogen-bond acceptors (Lipinski definition) is 6. The molecule has 200 valence electrons. The Balaban J connectivity index is 1.45. The number of anilines is 1. The molecule has 0 fully saturated rings. The third-order valence-electron chi connectivity index (χ3n) is 7.23. The number of rotatable bonds is 6. The molecule has 1 aliphatic rings. The molecule has 6 nitrogen and oxygen atoms in total. The first-order valence-electron chi connectivity index (χ1n) is 13.1. The van der Waals surface area contributed by atoms with E-state index in [1.165, 1.54) is 12.0 Å². The van der Waals surface area contributed by atoms with Crippen molar-refractivity contribution in [1.82, 2.24) is 0 Å². The van der Waals surface area contributed by atoms with E-state index in [-0.39, 0.29) is 11.3 Å². The molecule has 39 heavy (non-hydrogen) atoms. The highest BCUT2D eigenvalue weighted by atomic mass is 32.1. The predicted molar refractivity (Wildman–Crippen MR) is 156 cm³/mol. The molecule has 5 rings (SSSR count). The molecule has 2 aromatic carbocycles. The summed E-state index contributed by atoms with van der Waals surface area (Å²) in [7, 11) is 1.36. The van der Waals surface area contributed by atoms with E-state index in [0.29, 0.717) is 33.6 Å². The maximum Gasteiger partial charge on any atom is 0.337 e. The van der Waals surface area contributed by atoms with Crippen molar-refractivity contribution in [3.05, 3.63) is 94.1 Å². The number of para-hydroxylation sites is 1. The number of nitrogens with zero attached hydrogens (tertiary/aromatic N) is 1. The van der Waals surface area contributed by atoms with Gasteiger partial charge in [0.2, 0.25) is 0 Å². The molecule has 1 aliphatic carbocycles. The average molecular weight is 541 g/mol. The largest absolute Gasteiger partial charge is 0.465 e. The first-order valence-corrected chi connectivity index (χ1v) is 13.9. The van der Waals surface area contributed by atoms with E-state index in [0.717, 1.165) is 36.1 Å². The molecule has 0 unspecified atom stereocenters. The van der Waals surface area contributed by atoms with Gasteiger partial charge in [-0.15, -0.1) is 11.3 Å². The zero-order valence-corrected chi connectivity index (χ0v) is 23.4. The highest BCUT2D eigenvalue weighted by Gasteiger charge is 2.33. The number of furan rings is 1. The number of esters is 1. The van der Waals surface area contributed by atoms with Crippen LogP contribution in [0.25, 0.3) is 11.3 Å². The van der Waals surface area contributed by atoms with Crippen LogP contribution in [-0.4, -0.2) is 25.2 Å². The number of carbonyl (C=O) groups is 2. The molecule has 1 N–H and O–H groups in total. The van der Waals surface area contributed by atoms with Crippen molar-refractivity contribution in [2.24, 2.45) is 16.3 Å². The van der Waals surface area contributed by atoms with Gasteiger partial charge in [-0.05, 0) is 72.6 Å². The van der Waals surface area contributed by atoms with Crippen molar-refractivity contribution in [3.63, 3.8) is 0 Å². The molecule has 4 aromatic rings. The molecule has 0 saturated heterocycles. The Kier molecular flexibility index (Phi) is 7.53. The highest BCUT2D eigenvalue weighted by molar-refractivity contribution is 7.16. The lowest BCUT2D eigenvalue weighted by Gasteiger charge is -2.33. The first kappa shape index (κ1) is 26.6. The third-order valence-corrected chi connectivity index (χ3v) is 8.40. The Hall–Kier alpha value is -3.97. The summed E-state index contributed by atoms with van der Waals surface area (Å²) in [5, 5.41) is 3.74. The molecule has 0 bridgehead atoms. The van der Waals surface area contributed by atoms with Crippen LogP contribution in [0, 0.1) is 11.3 Å². The number of ether oxygens (including phenoxy) is 1. The van der Waals surface area contributed by atoms with Crippen LogP contribution in [0.4, 0.5) is 10.7 Å². The lowest BCUT2D eigenvalue weighted by atomic mass is 9.72. The molecule has 2 heterocycles. The average Bonchev–Trinajstić information content (AvgIpc) is 3.56. The fraction of sp³-hybridized carbons (Fsp3) is 0.281. The summed E-state index contributed by atoms with van der Waals surface area (Å²) in [6, 6.07) is 20.3. The summed E-state index contributed by atoms with van der Waals surface area (Å²) in [5.41, 5.74) is 3.94. The second-order valence-electron chi connectivity index (χ2n) is 10.8. The van der Waals surface area contributed by atoms with Crippen molar-refractivity contribution in [3.8, 4) is 11.3 Å². The van der Waals surface area contributed by atoms with Crippen molar-refractivity contribution in [2.75, 3.05) is 12.4 Å². The molecule has 2 aromatic heterocycles. The van der Waals surface area contributed by atoms with E-state index in [9.17, 15) is 9.59 Å². The third kappa shape index (κ3) is 5.88. The SMILES string of the molecule is COC(=O)c1cccc(-c2ccc(C=Nc3sc4c(c3C(=O)Nc3ccccc3)CC[C@@H](C(C)(C)C)C4)o2)c1. The van der Waals surface area contributed by atoms with Gasteiger partial charge in [-0.1, -0.05) is 51.1 Å². The minimum atomic E-state index is -0.401. The van der Waals surface area contributed by atoms with Gasteiger partial charge in [0.05, 0.1) is 24.5 Å². The molecule has 0 spiro atoms. The van der Waals surface area contributed by atoms with Crippen LogP contribution in [0.3, 0.4) is 0 Å². The summed E-state index contributed by atoms with van der Waals surface area (Å²) in [6.45, 7) is 6.86. The quantitative estimate of drug-likeness (QED) is 0.199. The van der Waals surface area contributed by atoms with Crippen LogP contribution >= 0.6 is 11.3 Å². The van der Waals surface area contributed by atoms with Gasteiger partial charge >= 0.3 is 5.97 Å². The second kappa shape index (κ2) is 11.0. The number of methoxy groups -OCH3 is 1. The molecule has 1 atom stereocenters. The summed E-state index contributed by atoms with van der Waals surface area (Å²) >= 11 is 1.60. The monoisotopic (exact) mass is 540 g/mol. The van der Waals surface area contributed by atoms with Crippen LogP contribution < -0.4 is 5.32 Å². The fourth-order valence-electron chi connectivity index (χ4n) is 4.97. The van der Waals surface area contributed by atoms with Crippen LogP contribution in [0.2, 0.25) is 0 Å². The van der Waals surface area contributed by atoms with E-state index in [1.54, 1.807) is 35.8 Å². The molecular formula is C32H32N2O4S. The van der Waals surface area contributed by atoms with E-state index in [2.05, 4.69) is 26.1 Å². The Morgan fingerprint density at radius 3 is 2.62 bits per heavy atom. The van der Waals surface area contributed by atoms with Crippen molar-refractivity contribution < 1.29 is 18.7 Å². The van der Waals surface area contributed by atoms with E-state index in [1.807, 2.05) is 48.5 Å². The second-order valence-corrected chi connectivity index (χ2v) is 11.9. The number of amides is 1. The summed E-state index contributed by atoms with van der Waals surface area (Å²) in [6.07, 6.45) is 4.52. The number of aliphatic imine (C=N–C) groups is 1. The number of hydrogen-bond donors (Lipinski definition) is 1. The molecule has 1 amide bonds. The molecular weight excluding hydrogens is 508 g/mol. The highest BCUT2D eigenvalue weighted by Crippen LogP contribution is 2.45. The lowest BCUT2D eigenvalue weighted by Crippen LogP contribution is -2.27. The Labute approximate surface area is 232 Å². The molecule has 0 aliphatic heterocycles. The van der Waals surface area contributed by atoms with Gasteiger partial charge in [-0.3, -0.25) is 4.79 Å². The van der Waals surface area contributed by atoms with Gasteiger partial charge in [0.25, 0.3) is 5.91 Å². The van der Waals surface area contributed by atoms with Crippen LogP contribution in [-0.2, 0) is 17.6 Å². The fourth-order valence-corrected chi connectivity index (χ4v) is 6.24. The standard InChI is InChI=1S/C32H32N2O4S/c1-32(2,3)22-13-15-25-27(18-22)39-30(28(25)29(35)34-23-11-6-5-7-12-23)33-19-24-14-16-26(38-24)20-9-8-10-21(17-20)31(36)37-4/h5-12,14,16-17,19,22H,13,15,18H2,1-4H3,(H,34,35)/t22-/m1/s1. The first-order chi connectivity index (χ1) is 18.7. The van der Waals surface area contributed by atoms with Crippen molar-refractivity contribution in [1.29, 1.82) is 0 Å². The van der Waals surface area contributed by atoms with E-state index < -0.39 is 5.97 Å². The Morgan fingerprint density at radius 2 is 1.87 bits per heavy atom. The van der Waals surface area contributed by atoms with Gasteiger partial charge in [0, 0.05) is 16.1 Å². The van der Waals surface area contributed by atoms with Gasteiger partial charge in [-0.25, -0.2) is 9.79 Å². The van der Waals surface area contributed by atoms with E-state index >= 15 is 0 Å². The zero-order valence-electron chi connectivity index (χ0n) is 22.6. The van der Waals surface area contributed by atoms with Crippen molar-refractivity contribution in [2.45, 2.75) is 40.0 Å². The Morgan fingerprint density at radius 1 is 1.08 bits per heavy atom. The van der Waals surface area contributed by atoms with Gasteiger partial charge in [0.15, 0.2) is 0 Å². The predicted octanol–water partition coefficient (Wildman–Crippen LogP) is 7.95. The summed E-state index contributed by atoms with van der Waals surface area (Å²) < 4.78 is 10.8. The lowest BCUT2D eigenvalue weighted by molar-refractivity contribution is 0.0600. The number of thiophene rings is 1. The molecule has 7 heteroatoms. The summed E-state index contributed by atoms with van der Waals surface area (Å²) in [4.78, 5) is 31.4. The number of carbonyl (C=O) groups excluding carboxylic acids is 2. The van der Waals surface area contributed by atoms with Gasteiger partial charge in [-0.2, -0.15) is 0 Å². The topological polar surface area (TPSA) is 80.9 Å². The number of benzene rings is 2. The summed E-state index contributed by atoms with van der Waals surface area (Å²) in [5.74, 6) is 1.19. The smallest absolute Gasteiger partial charge is 0.337 e. The van der Waals surface area contributed by atoms with Gasteiger partial charge < -0.3 is 14.5 Å². The normalized spacial score (nSPS) is 15.2. The van der Waals surface area contributed by atoms with Crippen LogP contribution in [0.15, 0.2) is 76.1 Å². The Bertz CT molecular complexity index is 1530. The number of nitrogens with one attached hydrogen (secondary N) is 1. The van der Waals surface area contributed by atoms with Crippen LogP contribution in [0.5, 0.6) is 0 Å². The minimum absolute atomic E-state index is 0.139. The molecule has 0 saturated carbocycles. The number of fused-ring (bicyclic) bond motifs is 1. The molecule has 0 radical (unpaired) electrons.